The minimum Gasteiger partial charge on any atom is -0.505 e. The van der Waals surface area contributed by atoms with Crippen LogP contribution in [-0.4, -0.2) is 28.8 Å². The molecule has 0 aliphatic carbocycles. The number of hydrogen-bond donors (Lipinski definition) is 4. The molecule has 6 heteroatoms. The van der Waals surface area contributed by atoms with Crippen molar-refractivity contribution in [2.24, 2.45) is 5.73 Å². The molecule has 0 spiro atoms. The summed E-state index contributed by atoms with van der Waals surface area (Å²) in [5.74, 6) is -1.99. The van der Waals surface area contributed by atoms with Gasteiger partial charge >= 0.3 is 0 Å². The summed E-state index contributed by atoms with van der Waals surface area (Å²) in [5, 5.41) is 21.0. The third kappa shape index (κ3) is 3.18. The zero-order valence-corrected chi connectivity index (χ0v) is 8.48. The molecule has 1 aromatic carbocycles. The van der Waals surface area contributed by atoms with Gasteiger partial charge in [0.2, 0.25) is 5.91 Å². The lowest BCUT2D eigenvalue weighted by Gasteiger charge is -2.09. The van der Waals surface area contributed by atoms with Crippen molar-refractivity contribution in [1.29, 1.82) is 0 Å². The molecule has 1 unspecified atom stereocenters. The van der Waals surface area contributed by atoms with Crippen LogP contribution in [0.3, 0.4) is 0 Å². The molecule has 0 fully saturated rings. The number of hydrogen-bond acceptors (Lipinski definition) is 4. The molecule has 1 amide bonds. The molecule has 0 aromatic heterocycles. The molecule has 16 heavy (non-hydrogen) atoms. The molecule has 1 aromatic rings. The molecule has 0 aliphatic rings. The van der Waals surface area contributed by atoms with Gasteiger partial charge < -0.3 is 21.3 Å². The first-order valence-corrected chi connectivity index (χ1v) is 4.67. The molecule has 0 aliphatic heterocycles. The fourth-order valence-electron chi connectivity index (χ4n) is 1.15. The summed E-state index contributed by atoms with van der Waals surface area (Å²) in [4.78, 5) is 10.5. The highest BCUT2D eigenvalue weighted by Gasteiger charge is 2.11. The second-order valence-electron chi connectivity index (χ2n) is 3.30. The third-order valence-corrected chi connectivity index (χ3v) is 2.05. The number of amides is 1. The van der Waals surface area contributed by atoms with Crippen molar-refractivity contribution in [3.8, 4) is 5.75 Å². The average Bonchev–Trinajstić information content (AvgIpc) is 2.24. The maximum absolute atomic E-state index is 12.9. The second-order valence-corrected chi connectivity index (χ2v) is 3.30. The smallest absolute Gasteiger partial charge is 0.247 e. The summed E-state index contributed by atoms with van der Waals surface area (Å²) in [6.45, 7) is 0.0826. The van der Waals surface area contributed by atoms with E-state index in [2.05, 4.69) is 5.32 Å². The maximum Gasteiger partial charge on any atom is 0.247 e. The van der Waals surface area contributed by atoms with Crippen LogP contribution in [0.1, 0.15) is 5.56 Å². The normalized spacial score (nSPS) is 12.4. The number of aliphatic hydroxyl groups excluding tert-OH is 1. The molecule has 1 atom stereocenters. The molecule has 5 N–H and O–H groups in total. The quantitative estimate of drug-likeness (QED) is 0.544. The van der Waals surface area contributed by atoms with Crippen LogP contribution >= 0.6 is 0 Å². The van der Waals surface area contributed by atoms with Crippen LogP contribution in [-0.2, 0) is 11.3 Å². The van der Waals surface area contributed by atoms with E-state index in [4.69, 9.17) is 10.8 Å². The molecule has 1 rings (SSSR count). The summed E-state index contributed by atoms with van der Waals surface area (Å²) in [5.41, 5.74) is 5.18. The van der Waals surface area contributed by atoms with Gasteiger partial charge in [0.15, 0.2) is 11.6 Å². The number of phenols is 1. The van der Waals surface area contributed by atoms with Gasteiger partial charge in [-0.3, -0.25) is 4.79 Å². The molecular weight excluding hydrogens is 215 g/mol. The van der Waals surface area contributed by atoms with Gasteiger partial charge in [-0.15, -0.1) is 0 Å². The molecule has 0 heterocycles. The van der Waals surface area contributed by atoms with Gasteiger partial charge in [-0.25, -0.2) is 4.39 Å². The monoisotopic (exact) mass is 228 g/mol. The largest absolute Gasteiger partial charge is 0.505 e. The number of nitrogens with one attached hydrogen (secondary N) is 1. The number of rotatable bonds is 5. The average molecular weight is 228 g/mol. The summed E-state index contributed by atoms with van der Waals surface area (Å²) >= 11 is 0. The van der Waals surface area contributed by atoms with E-state index in [1.807, 2.05) is 0 Å². The van der Waals surface area contributed by atoms with Gasteiger partial charge in [0, 0.05) is 18.7 Å². The minimum absolute atomic E-state index is 0.0503. The number of benzene rings is 1. The SMILES string of the molecule is NC(=O)C(O)CNCc1cccc(F)c1O. The number of halogens is 1. The highest BCUT2D eigenvalue weighted by atomic mass is 19.1. The predicted molar refractivity (Wildman–Crippen MR) is 55.0 cm³/mol. The Kier molecular flexibility index (Phi) is 4.21. The maximum atomic E-state index is 12.9. The van der Waals surface area contributed by atoms with Crippen molar-refractivity contribution >= 4 is 5.91 Å². The lowest BCUT2D eigenvalue weighted by Crippen LogP contribution is -2.37. The van der Waals surface area contributed by atoms with Gasteiger partial charge in [-0.05, 0) is 6.07 Å². The van der Waals surface area contributed by atoms with Crippen LogP contribution in [0.15, 0.2) is 18.2 Å². The first-order valence-electron chi connectivity index (χ1n) is 4.67. The molecule has 0 saturated heterocycles. The van der Waals surface area contributed by atoms with E-state index < -0.39 is 23.6 Å². The Morgan fingerprint density at radius 3 is 2.88 bits per heavy atom. The van der Waals surface area contributed by atoms with Crippen LogP contribution in [0.2, 0.25) is 0 Å². The number of primary amides is 1. The van der Waals surface area contributed by atoms with E-state index in [0.717, 1.165) is 6.07 Å². The van der Waals surface area contributed by atoms with Gasteiger partial charge in [0.25, 0.3) is 0 Å². The van der Waals surface area contributed by atoms with Gasteiger partial charge in [0.05, 0.1) is 0 Å². The number of nitrogens with two attached hydrogens (primary N) is 1. The number of aliphatic hydroxyl groups is 1. The van der Waals surface area contributed by atoms with E-state index in [1.165, 1.54) is 12.1 Å². The zero-order chi connectivity index (χ0) is 12.1. The Balaban J connectivity index is 2.49. The standard InChI is InChI=1S/C10H13FN2O3/c11-7-3-1-2-6(9(7)15)4-13-5-8(14)10(12)16/h1-3,8,13-15H,4-5H2,(H2,12,16). The van der Waals surface area contributed by atoms with Crippen LogP contribution in [0.4, 0.5) is 4.39 Å². The first-order chi connectivity index (χ1) is 7.52. The Morgan fingerprint density at radius 1 is 1.56 bits per heavy atom. The molecular formula is C10H13FN2O3. The third-order valence-electron chi connectivity index (χ3n) is 2.05. The van der Waals surface area contributed by atoms with Crippen molar-refractivity contribution in [2.45, 2.75) is 12.6 Å². The molecule has 0 bridgehead atoms. The van der Waals surface area contributed by atoms with Crippen LogP contribution in [0, 0.1) is 5.82 Å². The fraction of sp³-hybridized carbons (Fsp3) is 0.300. The van der Waals surface area contributed by atoms with Gasteiger partial charge in [-0.2, -0.15) is 0 Å². The fourth-order valence-corrected chi connectivity index (χ4v) is 1.15. The number of carbonyl (C=O) groups excluding carboxylic acids is 1. The molecule has 0 radical (unpaired) electrons. The minimum atomic E-state index is -1.30. The number of para-hydroxylation sites is 1. The van der Waals surface area contributed by atoms with Crippen LogP contribution in [0.25, 0.3) is 0 Å². The second kappa shape index (κ2) is 5.43. The first kappa shape index (κ1) is 12.4. The van der Waals surface area contributed by atoms with Gasteiger partial charge in [0.1, 0.15) is 6.10 Å². The summed E-state index contributed by atoms with van der Waals surface area (Å²) in [7, 11) is 0. The molecule has 0 saturated carbocycles. The highest BCUT2D eigenvalue weighted by molar-refractivity contribution is 5.78. The number of carbonyl (C=O) groups is 1. The van der Waals surface area contributed by atoms with Crippen molar-refractivity contribution in [1.82, 2.24) is 5.32 Å². The Morgan fingerprint density at radius 2 is 2.25 bits per heavy atom. The molecule has 5 nitrogen and oxygen atoms in total. The lowest BCUT2D eigenvalue weighted by molar-refractivity contribution is -0.125. The topological polar surface area (TPSA) is 95.6 Å². The van der Waals surface area contributed by atoms with Crippen molar-refractivity contribution in [3.63, 3.8) is 0 Å². The molecule has 88 valence electrons. The lowest BCUT2D eigenvalue weighted by atomic mass is 10.2. The van der Waals surface area contributed by atoms with E-state index in [0.29, 0.717) is 5.56 Å². The van der Waals surface area contributed by atoms with Crippen LogP contribution < -0.4 is 11.1 Å². The summed E-state index contributed by atoms with van der Waals surface area (Å²) < 4.78 is 12.9. The Labute approximate surface area is 91.7 Å². The Bertz CT molecular complexity index is 384. The van der Waals surface area contributed by atoms with Crippen molar-refractivity contribution in [2.75, 3.05) is 6.54 Å². The van der Waals surface area contributed by atoms with Gasteiger partial charge in [-0.1, -0.05) is 12.1 Å². The summed E-state index contributed by atoms with van der Waals surface area (Å²) in [6, 6.07) is 4.12. The van der Waals surface area contributed by atoms with Crippen LogP contribution in [0.5, 0.6) is 5.75 Å². The van der Waals surface area contributed by atoms with Crippen molar-refractivity contribution < 1.29 is 19.4 Å². The number of phenolic OH excluding ortho intramolecular Hbond substituents is 1. The van der Waals surface area contributed by atoms with E-state index in [9.17, 15) is 14.3 Å². The van der Waals surface area contributed by atoms with E-state index in [1.54, 1.807) is 0 Å². The number of aromatic hydroxyl groups is 1. The Hall–Kier alpha value is -1.66. The van der Waals surface area contributed by atoms with Crippen molar-refractivity contribution in [3.05, 3.63) is 29.6 Å². The zero-order valence-electron chi connectivity index (χ0n) is 8.48. The predicted octanol–water partition coefficient (Wildman–Crippen LogP) is -0.533. The van der Waals surface area contributed by atoms with E-state index >= 15 is 0 Å². The van der Waals surface area contributed by atoms with E-state index in [-0.39, 0.29) is 13.1 Å². The highest BCUT2D eigenvalue weighted by Crippen LogP contribution is 2.20. The summed E-state index contributed by atoms with van der Waals surface area (Å²) in [6.07, 6.45) is -1.30.